The van der Waals surface area contributed by atoms with E-state index in [9.17, 15) is 0 Å². The topological polar surface area (TPSA) is 9.23 Å². The highest BCUT2D eigenvalue weighted by molar-refractivity contribution is 6.66. The van der Waals surface area contributed by atoms with Crippen molar-refractivity contribution in [2.75, 3.05) is 0 Å². The first-order chi connectivity index (χ1) is 11.4. The molecule has 0 aliphatic carbocycles. The van der Waals surface area contributed by atoms with E-state index in [-0.39, 0.29) is 0 Å². The highest BCUT2D eigenvalue weighted by Gasteiger charge is 2.26. The molecule has 0 heterocycles. The highest BCUT2D eigenvalue weighted by atomic mass is 35.6. The maximum absolute atomic E-state index is 6.34. The number of hydrogen-bond acceptors (Lipinski definition) is 1. The average molecular weight is 398 g/mol. The van der Waals surface area contributed by atoms with Crippen LogP contribution < -0.4 is 4.74 Å². The van der Waals surface area contributed by atoms with Crippen molar-refractivity contribution >= 4 is 46.4 Å². The molecule has 0 bridgehead atoms. The fraction of sp³-hybridized carbons (Fsp3) is 0.0526. The van der Waals surface area contributed by atoms with Crippen LogP contribution in [0.5, 0.6) is 5.75 Å². The summed E-state index contributed by atoms with van der Waals surface area (Å²) in [6, 6.07) is 23.0. The third kappa shape index (κ3) is 4.17. The second-order valence-electron chi connectivity index (χ2n) is 5.11. The molecule has 0 aliphatic heterocycles. The molecule has 24 heavy (non-hydrogen) atoms. The van der Waals surface area contributed by atoms with Gasteiger partial charge in [-0.1, -0.05) is 72.3 Å². The Morgan fingerprint density at radius 3 is 1.46 bits per heavy atom. The molecule has 0 amide bonds. The molecule has 1 nitrogen and oxygen atoms in total. The van der Waals surface area contributed by atoms with E-state index in [1.54, 1.807) is 12.1 Å². The van der Waals surface area contributed by atoms with Gasteiger partial charge in [-0.05, 0) is 58.1 Å². The fourth-order valence-electron chi connectivity index (χ4n) is 2.48. The van der Waals surface area contributed by atoms with Gasteiger partial charge in [0.2, 0.25) is 0 Å². The zero-order valence-corrected chi connectivity index (χ0v) is 15.4. The minimum absolute atomic E-state index is 0.469. The van der Waals surface area contributed by atoms with E-state index in [4.69, 9.17) is 51.1 Å². The van der Waals surface area contributed by atoms with Crippen LogP contribution in [0.25, 0.3) is 22.3 Å². The van der Waals surface area contributed by atoms with Gasteiger partial charge in [0.15, 0.2) is 0 Å². The standard InChI is InChI=1S/C19H12Cl4O/c20-15-11-16(13-7-3-1-4-8-13)18(24-19(21,22)23)17(12-15)14-9-5-2-6-10-14/h1-12H. The maximum Gasteiger partial charge on any atom is 0.338 e. The van der Waals surface area contributed by atoms with Crippen molar-refractivity contribution < 1.29 is 4.74 Å². The molecule has 0 radical (unpaired) electrons. The van der Waals surface area contributed by atoms with Gasteiger partial charge in [-0.2, -0.15) is 0 Å². The third-order valence-electron chi connectivity index (χ3n) is 3.44. The summed E-state index contributed by atoms with van der Waals surface area (Å²) < 4.78 is 3.78. The second-order valence-corrected chi connectivity index (χ2v) is 7.72. The van der Waals surface area contributed by atoms with Crippen LogP contribution in [0.3, 0.4) is 0 Å². The van der Waals surface area contributed by atoms with Crippen LogP contribution in [0.1, 0.15) is 0 Å². The Bertz CT molecular complexity index is 766. The zero-order chi connectivity index (χ0) is 17.2. The quantitative estimate of drug-likeness (QED) is 0.419. The third-order valence-corrected chi connectivity index (χ3v) is 3.89. The zero-order valence-electron chi connectivity index (χ0n) is 12.3. The molecule has 0 N–H and O–H groups in total. The van der Waals surface area contributed by atoms with Gasteiger partial charge >= 0.3 is 3.98 Å². The number of benzene rings is 3. The monoisotopic (exact) mass is 396 g/mol. The Labute approximate surface area is 160 Å². The Balaban J connectivity index is 2.27. The molecule has 0 spiro atoms. The summed E-state index contributed by atoms with van der Waals surface area (Å²) in [5, 5.41) is 0.573. The molecule has 3 aromatic rings. The fourth-order valence-corrected chi connectivity index (χ4v) is 2.93. The molecule has 0 saturated heterocycles. The number of hydrogen-bond donors (Lipinski definition) is 0. The maximum atomic E-state index is 6.34. The van der Waals surface area contributed by atoms with Crippen molar-refractivity contribution in [1.82, 2.24) is 0 Å². The van der Waals surface area contributed by atoms with E-state index < -0.39 is 3.98 Å². The summed E-state index contributed by atoms with van der Waals surface area (Å²) in [7, 11) is 0. The summed E-state index contributed by atoms with van der Waals surface area (Å²) in [6.45, 7) is 0. The van der Waals surface area contributed by atoms with Crippen LogP contribution in [0.4, 0.5) is 0 Å². The Hall–Kier alpha value is -1.38. The van der Waals surface area contributed by atoms with Crippen molar-refractivity contribution in [3.8, 4) is 28.0 Å². The van der Waals surface area contributed by atoms with Gasteiger partial charge in [-0.15, -0.1) is 0 Å². The van der Waals surface area contributed by atoms with Gasteiger partial charge in [0.1, 0.15) is 5.75 Å². The highest BCUT2D eigenvalue weighted by Crippen LogP contribution is 2.45. The lowest BCUT2D eigenvalue weighted by Gasteiger charge is -2.21. The van der Waals surface area contributed by atoms with Crippen molar-refractivity contribution in [3.05, 3.63) is 77.8 Å². The largest absolute Gasteiger partial charge is 0.444 e. The number of ether oxygens (including phenoxy) is 1. The van der Waals surface area contributed by atoms with Crippen molar-refractivity contribution in [2.45, 2.75) is 3.98 Å². The van der Waals surface area contributed by atoms with Crippen LogP contribution in [0, 0.1) is 0 Å². The van der Waals surface area contributed by atoms with E-state index in [2.05, 4.69) is 0 Å². The minimum atomic E-state index is -1.89. The summed E-state index contributed by atoms with van der Waals surface area (Å²) in [4.78, 5) is 0. The van der Waals surface area contributed by atoms with E-state index in [1.807, 2.05) is 60.7 Å². The number of halogens is 4. The summed E-state index contributed by atoms with van der Waals surface area (Å²) >= 11 is 24.0. The predicted molar refractivity (Wildman–Crippen MR) is 103 cm³/mol. The lowest BCUT2D eigenvalue weighted by Crippen LogP contribution is -2.14. The Kier molecular flexibility index (Phi) is 5.27. The van der Waals surface area contributed by atoms with Crippen LogP contribution in [0.15, 0.2) is 72.8 Å². The minimum Gasteiger partial charge on any atom is -0.444 e. The van der Waals surface area contributed by atoms with Crippen LogP contribution in [-0.4, -0.2) is 3.98 Å². The van der Waals surface area contributed by atoms with Gasteiger partial charge in [0.05, 0.1) is 0 Å². The normalized spacial score (nSPS) is 11.3. The lowest BCUT2D eigenvalue weighted by atomic mass is 9.97. The second kappa shape index (κ2) is 7.25. The van der Waals surface area contributed by atoms with Gasteiger partial charge < -0.3 is 4.74 Å². The molecule has 5 heteroatoms. The first-order valence-electron chi connectivity index (χ1n) is 7.14. The molecular weight excluding hydrogens is 386 g/mol. The summed E-state index contributed by atoms with van der Waals surface area (Å²) in [5.74, 6) is 0.469. The molecular formula is C19H12Cl4O. The van der Waals surface area contributed by atoms with Gasteiger partial charge in [0, 0.05) is 16.1 Å². The molecule has 122 valence electrons. The summed E-state index contributed by atoms with van der Waals surface area (Å²) in [6.07, 6.45) is 0. The molecule has 0 saturated carbocycles. The summed E-state index contributed by atoms with van der Waals surface area (Å²) in [5.41, 5.74) is 3.35. The molecule has 0 fully saturated rings. The first kappa shape index (κ1) is 17.4. The van der Waals surface area contributed by atoms with Crippen LogP contribution in [0.2, 0.25) is 5.02 Å². The van der Waals surface area contributed by atoms with Crippen molar-refractivity contribution in [2.24, 2.45) is 0 Å². The average Bonchev–Trinajstić information content (AvgIpc) is 2.56. The van der Waals surface area contributed by atoms with Gasteiger partial charge in [0.25, 0.3) is 0 Å². The van der Waals surface area contributed by atoms with Gasteiger partial charge in [-0.25, -0.2) is 0 Å². The van der Waals surface area contributed by atoms with E-state index in [0.29, 0.717) is 10.8 Å². The first-order valence-corrected chi connectivity index (χ1v) is 8.65. The van der Waals surface area contributed by atoms with Crippen molar-refractivity contribution in [1.29, 1.82) is 0 Å². The smallest absolute Gasteiger partial charge is 0.338 e. The van der Waals surface area contributed by atoms with E-state index in [1.165, 1.54) is 0 Å². The SMILES string of the molecule is Clc1cc(-c2ccccc2)c(OC(Cl)(Cl)Cl)c(-c2ccccc2)c1. The number of rotatable bonds is 3. The molecule has 3 aromatic carbocycles. The van der Waals surface area contributed by atoms with E-state index >= 15 is 0 Å². The lowest BCUT2D eigenvalue weighted by molar-refractivity contribution is 0.323. The molecule has 0 aromatic heterocycles. The predicted octanol–water partition coefficient (Wildman–Crippen LogP) is 7.38. The Morgan fingerprint density at radius 1 is 0.667 bits per heavy atom. The molecule has 0 atom stereocenters. The molecule has 0 unspecified atom stereocenters. The molecule has 0 aliphatic rings. The number of alkyl halides is 3. The van der Waals surface area contributed by atoms with Crippen molar-refractivity contribution in [3.63, 3.8) is 0 Å². The van der Waals surface area contributed by atoms with Gasteiger partial charge in [-0.3, -0.25) is 0 Å². The van der Waals surface area contributed by atoms with Crippen LogP contribution in [-0.2, 0) is 0 Å². The molecule has 3 rings (SSSR count). The Morgan fingerprint density at radius 2 is 1.08 bits per heavy atom. The van der Waals surface area contributed by atoms with Crippen LogP contribution >= 0.6 is 46.4 Å². The van der Waals surface area contributed by atoms with E-state index in [0.717, 1.165) is 22.3 Å².